The van der Waals surface area contributed by atoms with Gasteiger partial charge in [-0.05, 0) is 24.3 Å². The highest BCUT2D eigenvalue weighted by atomic mass is 16.5. The minimum atomic E-state index is 0.783. The Balaban J connectivity index is 1.95. The molecule has 2 aromatic carbocycles. The molecule has 4 aromatic rings. The van der Waals surface area contributed by atoms with Crippen LogP contribution >= 0.6 is 0 Å². The third-order valence-electron chi connectivity index (χ3n) is 3.77. The van der Waals surface area contributed by atoms with E-state index in [0.29, 0.717) is 0 Å². The average Bonchev–Trinajstić information content (AvgIpc) is 2.97. The monoisotopic (exact) mass is 276 g/mol. The van der Waals surface area contributed by atoms with Gasteiger partial charge in [-0.2, -0.15) is 5.48 Å². The van der Waals surface area contributed by atoms with Crippen molar-refractivity contribution in [2.24, 2.45) is 0 Å². The Kier molecular flexibility index (Phi) is 2.70. The number of rotatable bonds is 2. The molecule has 2 heterocycles. The molecule has 21 heavy (non-hydrogen) atoms. The molecule has 0 fully saturated rings. The zero-order valence-corrected chi connectivity index (χ0v) is 11.2. The van der Waals surface area contributed by atoms with Gasteiger partial charge < -0.3 is 4.98 Å². The van der Waals surface area contributed by atoms with Gasteiger partial charge in [0, 0.05) is 28.7 Å². The fourth-order valence-electron chi connectivity index (χ4n) is 2.72. The molecule has 0 saturated heterocycles. The number of nitrogens with two attached hydrogens (primary N) is 1. The molecule has 0 amide bonds. The van der Waals surface area contributed by atoms with Crippen LogP contribution in [-0.4, -0.2) is 15.2 Å². The predicted octanol–water partition coefficient (Wildman–Crippen LogP) is 2.97. The van der Waals surface area contributed by atoms with E-state index >= 15 is 0 Å². The van der Waals surface area contributed by atoms with Crippen molar-refractivity contribution in [3.05, 3.63) is 60.8 Å². The zero-order valence-electron chi connectivity index (χ0n) is 11.2. The number of pyridine rings is 1. The van der Waals surface area contributed by atoms with Crippen molar-refractivity contribution < 1.29 is 10.7 Å². The van der Waals surface area contributed by atoms with Gasteiger partial charge >= 0.3 is 0 Å². The van der Waals surface area contributed by atoms with Crippen molar-refractivity contribution in [3.63, 3.8) is 0 Å². The molecular formula is C17H14N3O+. The van der Waals surface area contributed by atoms with Crippen LogP contribution < -0.4 is 5.48 Å². The van der Waals surface area contributed by atoms with Crippen molar-refractivity contribution in [2.45, 2.75) is 0 Å². The number of benzene rings is 2. The van der Waals surface area contributed by atoms with Gasteiger partial charge in [-0.3, -0.25) is 0 Å². The Labute approximate surface area is 121 Å². The fraction of sp³-hybridized carbons (Fsp3) is 0. The maximum absolute atomic E-state index is 9.27. The Morgan fingerprint density at radius 2 is 1.81 bits per heavy atom. The topological polar surface area (TPSA) is 65.5 Å². The van der Waals surface area contributed by atoms with Gasteiger partial charge in [0.05, 0.1) is 16.6 Å². The van der Waals surface area contributed by atoms with Crippen molar-refractivity contribution >= 4 is 27.5 Å². The number of aromatic nitrogens is 2. The van der Waals surface area contributed by atoms with E-state index in [0.717, 1.165) is 44.2 Å². The standard InChI is InChI=1S/C17H13N3O/c21-20-17-7-3-6-15-12(17)8-9-16(19-15)13-10-18-14-5-2-1-4-11(13)14/h1-10,18,20-21H/p+1. The van der Waals surface area contributed by atoms with Gasteiger partial charge in [0.1, 0.15) is 0 Å². The molecule has 0 radical (unpaired) electrons. The summed E-state index contributed by atoms with van der Waals surface area (Å²) in [7, 11) is 0. The number of hydrogen-bond acceptors (Lipinski definition) is 2. The molecule has 4 heteroatoms. The summed E-state index contributed by atoms with van der Waals surface area (Å²) in [6.07, 6.45) is 1.99. The van der Waals surface area contributed by atoms with Gasteiger partial charge in [-0.1, -0.05) is 24.3 Å². The number of hydrogen-bond donors (Lipinski definition) is 3. The number of quaternary nitrogens is 1. The maximum Gasteiger partial charge on any atom is 0.171 e. The van der Waals surface area contributed by atoms with Crippen LogP contribution in [0.5, 0.6) is 0 Å². The molecule has 4 rings (SSSR count). The first kappa shape index (κ1) is 12.1. The SMILES string of the molecule is O[NH2+]c1cccc2nc(-c3c[nH]c4ccccc34)ccc12. The summed E-state index contributed by atoms with van der Waals surface area (Å²) in [6.45, 7) is 0. The molecule has 0 aliphatic rings. The highest BCUT2D eigenvalue weighted by Crippen LogP contribution is 2.29. The third-order valence-corrected chi connectivity index (χ3v) is 3.77. The number of H-pyrrole nitrogens is 1. The lowest BCUT2D eigenvalue weighted by Gasteiger charge is -2.03. The predicted molar refractivity (Wildman–Crippen MR) is 82.4 cm³/mol. The number of nitrogens with zero attached hydrogens (tertiary/aromatic N) is 1. The van der Waals surface area contributed by atoms with E-state index in [-0.39, 0.29) is 0 Å². The van der Waals surface area contributed by atoms with E-state index in [1.165, 1.54) is 0 Å². The van der Waals surface area contributed by atoms with E-state index in [1.807, 2.05) is 48.7 Å². The molecule has 0 atom stereocenters. The molecule has 0 aliphatic heterocycles. The Morgan fingerprint density at radius 3 is 2.71 bits per heavy atom. The number of fused-ring (bicyclic) bond motifs is 2. The molecule has 2 aromatic heterocycles. The zero-order chi connectivity index (χ0) is 14.2. The molecule has 4 N–H and O–H groups in total. The summed E-state index contributed by atoms with van der Waals surface area (Å²) in [6, 6.07) is 17.9. The average molecular weight is 276 g/mol. The largest absolute Gasteiger partial charge is 0.360 e. The molecule has 4 nitrogen and oxygen atoms in total. The van der Waals surface area contributed by atoms with Crippen LogP contribution in [0.2, 0.25) is 0 Å². The van der Waals surface area contributed by atoms with E-state index in [2.05, 4.69) is 17.1 Å². The first-order valence-corrected chi connectivity index (χ1v) is 6.80. The van der Waals surface area contributed by atoms with E-state index in [1.54, 1.807) is 0 Å². The Hall–Kier alpha value is -2.69. The van der Waals surface area contributed by atoms with Gasteiger partial charge in [0.15, 0.2) is 5.69 Å². The summed E-state index contributed by atoms with van der Waals surface area (Å²) in [5.41, 5.74) is 5.90. The fourth-order valence-corrected chi connectivity index (χ4v) is 2.72. The first-order chi connectivity index (χ1) is 10.4. The lowest BCUT2D eigenvalue weighted by Crippen LogP contribution is -2.73. The second-order valence-corrected chi connectivity index (χ2v) is 4.99. The normalized spacial score (nSPS) is 11.3. The lowest BCUT2D eigenvalue weighted by molar-refractivity contribution is -0.824. The molecule has 0 bridgehead atoms. The highest BCUT2D eigenvalue weighted by molar-refractivity contribution is 5.96. The summed E-state index contributed by atoms with van der Waals surface area (Å²) in [5, 5.41) is 11.4. The van der Waals surface area contributed by atoms with E-state index in [9.17, 15) is 5.21 Å². The first-order valence-electron chi connectivity index (χ1n) is 6.80. The second-order valence-electron chi connectivity index (χ2n) is 4.99. The third kappa shape index (κ3) is 1.89. The van der Waals surface area contributed by atoms with Gasteiger partial charge in [-0.25, -0.2) is 10.2 Å². The van der Waals surface area contributed by atoms with Crippen LogP contribution in [0, 0.1) is 0 Å². The molecule has 0 spiro atoms. The maximum atomic E-state index is 9.27. The Bertz CT molecular complexity index is 943. The molecule has 0 unspecified atom stereocenters. The smallest absolute Gasteiger partial charge is 0.171 e. The van der Waals surface area contributed by atoms with Crippen molar-refractivity contribution in [3.8, 4) is 11.3 Å². The lowest BCUT2D eigenvalue weighted by atomic mass is 10.1. The number of aromatic amines is 1. The summed E-state index contributed by atoms with van der Waals surface area (Å²) in [5.74, 6) is 0. The van der Waals surface area contributed by atoms with Gasteiger partial charge in [-0.15, -0.1) is 0 Å². The van der Waals surface area contributed by atoms with E-state index < -0.39 is 0 Å². The van der Waals surface area contributed by atoms with Crippen molar-refractivity contribution in [2.75, 3.05) is 0 Å². The van der Waals surface area contributed by atoms with E-state index in [4.69, 9.17) is 4.98 Å². The van der Waals surface area contributed by atoms with Crippen LogP contribution in [0.1, 0.15) is 0 Å². The molecular weight excluding hydrogens is 262 g/mol. The molecule has 0 aliphatic carbocycles. The number of nitrogens with one attached hydrogen (secondary N) is 1. The van der Waals surface area contributed by atoms with Crippen LogP contribution in [0.25, 0.3) is 33.1 Å². The minimum absolute atomic E-state index is 0.783. The molecule has 102 valence electrons. The van der Waals surface area contributed by atoms with Gasteiger partial charge in [0.25, 0.3) is 0 Å². The molecule has 0 saturated carbocycles. The summed E-state index contributed by atoms with van der Waals surface area (Å²) in [4.78, 5) is 8.00. The van der Waals surface area contributed by atoms with Crippen LogP contribution in [0.3, 0.4) is 0 Å². The highest BCUT2D eigenvalue weighted by Gasteiger charge is 2.10. The van der Waals surface area contributed by atoms with Crippen molar-refractivity contribution in [1.29, 1.82) is 0 Å². The van der Waals surface area contributed by atoms with Crippen LogP contribution in [-0.2, 0) is 0 Å². The summed E-state index contributed by atoms with van der Waals surface area (Å²) >= 11 is 0. The van der Waals surface area contributed by atoms with Crippen LogP contribution in [0.15, 0.2) is 60.8 Å². The quantitative estimate of drug-likeness (QED) is 0.389. The minimum Gasteiger partial charge on any atom is -0.360 e. The Morgan fingerprint density at radius 1 is 0.905 bits per heavy atom. The summed E-state index contributed by atoms with van der Waals surface area (Å²) < 4.78 is 0. The van der Waals surface area contributed by atoms with Crippen molar-refractivity contribution in [1.82, 2.24) is 9.97 Å². The van der Waals surface area contributed by atoms with Gasteiger partial charge in [0.2, 0.25) is 0 Å². The number of para-hydroxylation sites is 1. The van der Waals surface area contributed by atoms with Crippen LogP contribution in [0.4, 0.5) is 5.69 Å². The second kappa shape index (κ2) is 4.70.